The molecule has 0 aromatic carbocycles. The van der Waals surface area contributed by atoms with Crippen molar-refractivity contribution < 1.29 is 9.83 Å². The van der Waals surface area contributed by atoms with Crippen molar-refractivity contribution in [3.8, 4) is 0 Å². The van der Waals surface area contributed by atoms with E-state index in [0.29, 0.717) is 12.6 Å². The van der Waals surface area contributed by atoms with Crippen LogP contribution in [0.1, 0.15) is 18.3 Å². The van der Waals surface area contributed by atoms with Crippen LogP contribution in [-0.2, 0) is 4.84 Å². The number of aryl methyl sites for hydroxylation is 2. The largest absolute Gasteiger partial charge is 0.354 e. The van der Waals surface area contributed by atoms with Gasteiger partial charge in [0.1, 0.15) is 0 Å². The third kappa shape index (κ3) is 3.90. The third-order valence-corrected chi connectivity index (χ3v) is 1.56. The Labute approximate surface area is 88.5 Å². The molecule has 0 spiro atoms. The third-order valence-electron chi connectivity index (χ3n) is 1.56. The van der Waals surface area contributed by atoms with E-state index in [9.17, 15) is 0 Å². The van der Waals surface area contributed by atoms with Crippen LogP contribution in [0, 0.1) is 13.8 Å². The van der Waals surface area contributed by atoms with Gasteiger partial charge in [-0.25, -0.2) is 9.83 Å². The van der Waals surface area contributed by atoms with E-state index in [1.165, 1.54) is 0 Å². The molecular formula is C9H16N5O+. The minimum absolute atomic E-state index is 0.266. The molecule has 1 rings (SSSR count). The van der Waals surface area contributed by atoms with Crippen LogP contribution in [0.4, 0.5) is 5.95 Å². The Morgan fingerprint density at radius 3 is 2.60 bits per heavy atom. The van der Waals surface area contributed by atoms with Gasteiger partial charge in [-0.1, -0.05) is 0 Å². The average Bonchev–Trinajstić information content (AvgIpc) is 2.13. The number of nitrogens with one attached hydrogen (secondary N) is 2. The lowest BCUT2D eigenvalue weighted by atomic mass is 10.4. The van der Waals surface area contributed by atoms with Crippen molar-refractivity contribution >= 4 is 11.9 Å². The van der Waals surface area contributed by atoms with E-state index in [2.05, 4.69) is 20.4 Å². The highest BCUT2D eigenvalue weighted by Crippen LogP contribution is 1.97. The second-order valence-electron chi connectivity index (χ2n) is 3.05. The zero-order valence-electron chi connectivity index (χ0n) is 9.16. The fourth-order valence-electron chi connectivity index (χ4n) is 1.08. The van der Waals surface area contributed by atoms with Crippen molar-refractivity contribution in [2.75, 3.05) is 6.61 Å². The summed E-state index contributed by atoms with van der Waals surface area (Å²) in [4.78, 5) is 16.0. The Balaban J connectivity index is 2.78. The molecule has 0 radical (unpaired) electrons. The number of hydroxylamine groups is 1. The van der Waals surface area contributed by atoms with Gasteiger partial charge in [-0.15, -0.1) is 9.97 Å². The first-order valence-corrected chi connectivity index (χ1v) is 4.71. The summed E-state index contributed by atoms with van der Waals surface area (Å²) in [7, 11) is 0. The monoisotopic (exact) mass is 210 g/mol. The molecule has 0 saturated carbocycles. The van der Waals surface area contributed by atoms with Crippen LogP contribution in [0.2, 0.25) is 0 Å². The molecule has 0 aliphatic carbocycles. The number of hydrogen-bond acceptors (Lipinski definition) is 3. The first-order valence-electron chi connectivity index (χ1n) is 4.71. The van der Waals surface area contributed by atoms with Gasteiger partial charge in [-0.2, -0.15) is 5.48 Å². The summed E-state index contributed by atoms with van der Waals surface area (Å²) in [5.41, 5.74) is 9.87. The van der Waals surface area contributed by atoms with Crippen LogP contribution in [-0.4, -0.2) is 22.5 Å². The van der Waals surface area contributed by atoms with E-state index < -0.39 is 0 Å². The molecule has 0 aliphatic heterocycles. The maximum atomic E-state index is 5.58. The van der Waals surface area contributed by atoms with E-state index in [0.717, 1.165) is 11.4 Å². The van der Waals surface area contributed by atoms with Crippen LogP contribution < -0.4 is 16.2 Å². The minimum Gasteiger partial charge on any atom is -0.320 e. The zero-order valence-corrected chi connectivity index (χ0v) is 9.16. The first-order chi connectivity index (χ1) is 7.11. The van der Waals surface area contributed by atoms with Crippen LogP contribution >= 0.6 is 0 Å². The Morgan fingerprint density at radius 2 is 2.07 bits per heavy atom. The lowest BCUT2D eigenvalue weighted by Gasteiger charge is -1.98. The molecule has 82 valence electrons. The molecule has 4 N–H and O–H groups in total. The lowest BCUT2D eigenvalue weighted by molar-refractivity contribution is -0.372. The van der Waals surface area contributed by atoms with Crippen molar-refractivity contribution in [2.24, 2.45) is 5.73 Å². The normalized spacial score (nSPS) is 11.5. The molecular weight excluding hydrogens is 194 g/mol. The first kappa shape index (κ1) is 11.4. The molecule has 1 heterocycles. The number of rotatable bonds is 3. The molecule has 1 aromatic rings. The Bertz CT molecular complexity index is 343. The van der Waals surface area contributed by atoms with Crippen molar-refractivity contribution in [2.45, 2.75) is 20.8 Å². The highest BCUT2D eigenvalue weighted by atomic mass is 16.6. The van der Waals surface area contributed by atoms with E-state index in [1.54, 1.807) is 0 Å². The molecule has 0 amide bonds. The molecule has 0 bridgehead atoms. The minimum atomic E-state index is 0.266. The van der Waals surface area contributed by atoms with Gasteiger partial charge in [0, 0.05) is 6.07 Å². The number of nitrogens with two attached hydrogens (primary N) is 1. The van der Waals surface area contributed by atoms with Crippen molar-refractivity contribution in [1.29, 1.82) is 0 Å². The Kier molecular flexibility index (Phi) is 3.99. The van der Waals surface area contributed by atoms with E-state index in [-0.39, 0.29) is 5.96 Å². The summed E-state index contributed by atoms with van der Waals surface area (Å²) < 4.78 is 0. The van der Waals surface area contributed by atoms with E-state index >= 15 is 0 Å². The SMILES string of the molecule is CCONC(N)=[NH+]c1nc(C)cc(C)n1. The van der Waals surface area contributed by atoms with Crippen molar-refractivity contribution in [3.05, 3.63) is 17.5 Å². The van der Waals surface area contributed by atoms with Crippen LogP contribution in [0.25, 0.3) is 0 Å². The van der Waals surface area contributed by atoms with Crippen molar-refractivity contribution in [3.63, 3.8) is 0 Å². The fraction of sp³-hybridized carbons (Fsp3) is 0.444. The summed E-state index contributed by atoms with van der Waals surface area (Å²) in [5, 5.41) is 0. The van der Waals surface area contributed by atoms with Crippen LogP contribution in [0.15, 0.2) is 6.07 Å². The second kappa shape index (κ2) is 5.26. The highest BCUT2D eigenvalue weighted by Gasteiger charge is 2.04. The van der Waals surface area contributed by atoms with Gasteiger partial charge in [0.2, 0.25) is 0 Å². The molecule has 1 aromatic heterocycles. The molecule has 0 aliphatic rings. The molecule has 0 atom stereocenters. The van der Waals surface area contributed by atoms with E-state index in [1.807, 2.05) is 26.8 Å². The summed E-state index contributed by atoms with van der Waals surface area (Å²) in [6.07, 6.45) is 0. The summed E-state index contributed by atoms with van der Waals surface area (Å²) in [6.45, 7) is 6.17. The molecule has 0 fully saturated rings. The smallest absolute Gasteiger partial charge is 0.320 e. The molecule has 0 unspecified atom stereocenters. The highest BCUT2D eigenvalue weighted by molar-refractivity contribution is 5.71. The average molecular weight is 210 g/mol. The quantitative estimate of drug-likeness (QED) is 0.326. The number of hydrogen-bond donors (Lipinski definition) is 3. The van der Waals surface area contributed by atoms with Crippen LogP contribution in [0.5, 0.6) is 0 Å². The fourth-order valence-corrected chi connectivity index (χ4v) is 1.08. The maximum absolute atomic E-state index is 5.58. The van der Waals surface area contributed by atoms with Gasteiger partial charge in [0.15, 0.2) is 0 Å². The van der Waals surface area contributed by atoms with Gasteiger partial charge in [-0.05, 0) is 20.8 Å². The molecule has 0 saturated heterocycles. The summed E-state index contributed by atoms with van der Waals surface area (Å²) >= 11 is 0. The molecule has 6 heteroatoms. The predicted octanol–water partition coefficient (Wildman–Crippen LogP) is -1.34. The van der Waals surface area contributed by atoms with Gasteiger partial charge in [0.25, 0.3) is 0 Å². The number of nitrogens with zero attached hydrogens (tertiary/aromatic N) is 2. The molecule has 6 nitrogen and oxygen atoms in total. The maximum Gasteiger partial charge on any atom is 0.354 e. The Hall–Kier alpha value is -1.69. The standard InChI is InChI=1S/C9H15N5O/c1-4-15-14-8(10)13-9-11-6(2)5-7(3)12-9/h5H,4H2,1-3H3,(H3,10,11,12,13,14)/p+1. The van der Waals surface area contributed by atoms with Gasteiger partial charge >= 0.3 is 11.9 Å². The van der Waals surface area contributed by atoms with Gasteiger partial charge in [0.05, 0.1) is 18.0 Å². The zero-order chi connectivity index (χ0) is 11.3. The topological polar surface area (TPSA) is 87.0 Å². The van der Waals surface area contributed by atoms with Crippen molar-refractivity contribution in [1.82, 2.24) is 15.4 Å². The molecule has 15 heavy (non-hydrogen) atoms. The number of guanidine groups is 1. The van der Waals surface area contributed by atoms with Gasteiger partial charge < -0.3 is 5.73 Å². The predicted molar refractivity (Wildman–Crippen MR) is 56.1 cm³/mol. The van der Waals surface area contributed by atoms with E-state index in [4.69, 9.17) is 10.6 Å². The lowest BCUT2D eigenvalue weighted by Crippen LogP contribution is -2.74. The second-order valence-corrected chi connectivity index (χ2v) is 3.05. The number of aromatic nitrogens is 2. The summed E-state index contributed by atoms with van der Waals surface area (Å²) in [5.74, 6) is 0.721. The van der Waals surface area contributed by atoms with Crippen LogP contribution in [0.3, 0.4) is 0 Å². The van der Waals surface area contributed by atoms with Gasteiger partial charge in [-0.3, -0.25) is 0 Å². The summed E-state index contributed by atoms with van der Waals surface area (Å²) in [6, 6.07) is 1.89. The Morgan fingerprint density at radius 1 is 1.47 bits per heavy atom.